The van der Waals surface area contributed by atoms with Crippen LogP contribution < -0.4 is 4.90 Å². The zero-order valence-electron chi connectivity index (χ0n) is 14.9. The maximum atomic E-state index is 5.27. The van der Waals surface area contributed by atoms with Crippen LogP contribution >= 0.6 is 0 Å². The minimum absolute atomic E-state index is 0.846. The molecule has 8 nitrogen and oxygen atoms in total. The molecule has 0 spiro atoms. The van der Waals surface area contributed by atoms with Gasteiger partial charge in [0.25, 0.3) is 0 Å². The topological polar surface area (TPSA) is 75.6 Å². The fraction of sp³-hybridized carbons (Fsp3) is 0.529. The second-order valence-electron chi connectivity index (χ2n) is 6.48. The summed E-state index contributed by atoms with van der Waals surface area (Å²) in [5.41, 5.74) is 3.04. The molecule has 3 aromatic rings. The highest BCUT2D eigenvalue weighted by atomic mass is 16.5. The van der Waals surface area contributed by atoms with Gasteiger partial charge in [-0.15, -0.1) is 10.2 Å². The number of hydrogen-bond donors (Lipinski definition) is 0. The van der Waals surface area contributed by atoms with Crippen LogP contribution in [0, 0.1) is 13.8 Å². The van der Waals surface area contributed by atoms with Crippen molar-refractivity contribution in [2.45, 2.75) is 33.7 Å². The number of hydrogen-bond acceptors (Lipinski definition) is 7. The van der Waals surface area contributed by atoms with Crippen LogP contribution in [0.5, 0.6) is 0 Å². The van der Waals surface area contributed by atoms with Gasteiger partial charge in [0.15, 0.2) is 5.82 Å². The van der Waals surface area contributed by atoms with Crippen LogP contribution in [0.25, 0.3) is 5.65 Å². The summed E-state index contributed by atoms with van der Waals surface area (Å²) in [7, 11) is 0. The van der Waals surface area contributed by atoms with Gasteiger partial charge in [0.05, 0.1) is 5.69 Å². The monoisotopic (exact) mass is 341 g/mol. The van der Waals surface area contributed by atoms with E-state index >= 15 is 0 Å². The minimum Gasteiger partial charge on any atom is -0.361 e. The molecule has 4 heterocycles. The Morgan fingerprint density at radius 1 is 1.12 bits per heavy atom. The summed E-state index contributed by atoms with van der Waals surface area (Å²) in [6, 6.07) is 0. The van der Waals surface area contributed by atoms with E-state index in [1.165, 1.54) is 5.56 Å². The summed E-state index contributed by atoms with van der Waals surface area (Å²) < 4.78 is 7.31. The van der Waals surface area contributed by atoms with Crippen molar-refractivity contribution < 1.29 is 4.52 Å². The molecule has 0 saturated carbocycles. The van der Waals surface area contributed by atoms with Crippen LogP contribution in [0.3, 0.4) is 0 Å². The molecule has 0 amide bonds. The Labute approximate surface area is 146 Å². The largest absolute Gasteiger partial charge is 0.361 e. The molecule has 1 aliphatic rings. The quantitative estimate of drug-likeness (QED) is 0.713. The third-order valence-electron chi connectivity index (χ3n) is 4.93. The summed E-state index contributed by atoms with van der Waals surface area (Å²) in [4.78, 5) is 9.30. The normalized spacial score (nSPS) is 16.0. The molecule has 0 aliphatic carbocycles. The predicted octanol–water partition coefficient (Wildman–Crippen LogP) is 1.61. The molecule has 4 rings (SSSR count). The lowest BCUT2D eigenvalue weighted by atomic mass is 10.2. The van der Waals surface area contributed by atoms with Crippen molar-refractivity contribution in [3.63, 3.8) is 0 Å². The second-order valence-corrected chi connectivity index (χ2v) is 6.48. The van der Waals surface area contributed by atoms with E-state index < -0.39 is 0 Å². The Kier molecular flexibility index (Phi) is 4.12. The molecule has 0 bridgehead atoms. The van der Waals surface area contributed by atoms with Crippen molar-refractivity contribution >= 4 is 11.5 Å². The van der Waals surface area contributed by atoms with Gasteiger partial charge in [-0.25, -0.2) is 4.98 Å². The highest BCUT2D eigenvalue weighted by Crippen LogP contribution is 2.21. The zero-order valence-corrected chi connectivity index (χ0v) is 14.9. The molecular weight excluding hydrogens is 318 g/mol. The number of anilines is 1. The van der Waals surface area contributed by atoms with Gasteiger partial charge in [-0.3, -0.25) is 9.30 Å². The molecule has 25 heavy (non-hydrogen) atoms. The Hall–Kier alpha value is -2.48. The Bertz CT molecular complexity index is 857. The zero-order chi connectivity index (χ0) is 17.4. The molecule has 1 fully saturated rings. The SMILES string of the molecule is CCc1nnc2c(N3CCN(Cc4c(C)noc4C)CC3)nccn12. The summed E-state index contributed by atoms with van der Waals surface area (Å²) in [5.74, 6) is 2.81. The van der Waals surface area contributed by atoms with Crippen molar-refractivity contribution in [1.29, 1.82) is 0 Å². The third kappa shape index (κ3) is 2.86. The molecule has 1 saturated heterocycles. The lowest BCUT2D eigenvalue weighted by Crippen LogP contribution is -2.46. The Balaban J connectivity index is 1.48. The molecule has 3 aromatic heterocycles. The lowest BCUT2D eigenvalue weighted by Gasteiger charge is -2.35. The molecule has 8 heteroatoms. The number of rotatable bonds is 4. The first-order valence-corrected chi connectivity index (χ1v) is 8.75. The van der Waals surface area contributed by atoms with Crippen LogP contribution in [-0.4, -0.2) is 55.8 Å². The number of fused-ring (bicyclic) bond motifs is 1. The van der Waals surface area contributed by atoms with Gasteiger partial charge in [0.2, 0.25) is 5.65 Å². The molecule has 0 N–H and O–H groups in total. The van der Waals surface area contributed by atoms with Gasteiger partial charge in [-0.05, 0) is 13.8 Å². The van der Waals surface area contributed by atoms with Crippen molar-refractivity contribution in [1.82, 2.24) is 29.6 Å². The summed E-state index contributed by atoms with van der Waals surface area (Å²) in [6.07, 6.45) is 4.63. The molecule has 0 aromatic carbocycles. The fourth-order valence-electron chi connectivity index (χ4n) is 3.39. The second kappa shape index (κ2) is 6.44. The van der Waals surface area contributed by atoms with Crippen molar-refractivity contribution in [3.05, 3.63) is 35.2 Å². The van der Waals surface area contributed by atoms with Crippen LogP contribution in [0.4, 0.5) is 5.82 Å². The van der Waals surface area contributed by atoms with Gasteiger partial charge in [0.1, 0.15) is 11.6 Å². The van der Waals surface area contributed by atoms with Crippen LogP contribution in [0.15, 0.2) is 16.9 Å². The van der Waals surface area contributed by atoms with E-state index in [0.717, 1.165) is 67.9 Å². The van der Waals surface area contributed by atoms with Crippen molar-refractivity contribution in [2.24, 2.45) is 0 Å². The van der Waals surface area contributed by atoms with E-state index in [0.29, 0.717) is 0 Å². The van der Waals surface area contributed by atoms with E-state index in [4.69, 9.17) is 4.52 Å². The van der Waals surface area contributed by atoms with E-state index in [9.17, 15) is 0 Å². The maximum Gasteiger partial charge on any atom is 0.203 e. The van der Waals surface area contributed by atoms with Crippen LogP contribution in [0.2, 0.25) is 0 Å². The number of nitrogens with zero attached hydrogens (tertiary/aromatic N) is 7. The average molecular weight is 341 g/mol. The van der Waals surface area contributed by atoms with Crippen molar-refractivity contribution in [2.75, 3.05) is 31.1 Å². The standard InChI is InChI=1S/C17H23N7O/c1-4-15-19-20-17-16(18-5-6-24(15)17)23-9-7-22(8-10-23)11-14-12(2)21-25-13(14)3/h5-6H,4,7-11H2,1-3H3. The van der Waals surface area contributed by atoms with E-state index in [1.54, 1.807) is 0 Å². The number of piperazine rings is 1. The maximum absolute atomic E-state index is 5.27. The molecule has 1 aliphatic heterocycles. The van der Waals surface area contributed by atoms with Gasteiger partial charge >= 0.3 is 0 Å². The van der Waals surface area contributed by atoms with Gasteiger partial charge in [-0.1, -0.05) is 12.1 Å². The first-order valence-electron chi connectivity index (χ1n) is 8.75. The fourth-order valence-corrected chi connectivity index (χ4v) is 3.39. The Morgan fingerprint density at radius 2 is 1.92 bits per heavy atom. The number of aryl methyl sites for hydroxylation is 3. The van der Waals surface area contributed by atoms with Gasteiger partial charge < -0.3 is 9.42 Å². The molecule has 0 radical (unpaired) electrons. The Morgan fingerprint density at radius 3 is 2.60 bits per heavy atom. The molecule has 132 valence electrons. The minimum atomic E-state index is 0.846. The first kappa shape index (κ1) is 16.0. The first-order chi connectivity index (χ1) is 12.2. The average Bonchev–Trinajstić information content (AvgIpc) is 3.20. The van der Waals surface area contributed by atoms with Gasteiger partial charge in [0, 0.05) is 57.1 Å². The molecule has 0 atom stereocenters. The highest BCUT2D eigenvalue weighted by Gasteiger charge is 2.23. The summed E-state index contributed by atoms with van der Waals surface area (Å²) >= 11 is 0. The smallest absolute Gasteiger partial charge is 0.203 e. The van der Waals surface area contributed by atoms with E-state index in [-0.39, 0.29) is 0 Å². The van der Waals surface area contributed by atoms with Crippen LogP contribution in [0.1, 0.15) is 29.8 Å². The summed E-state index contributed by atoms with van der Waals surface area (Å²) in [6.45, 7) is 10.7. The summed E-state index contributed by atoms with van der Waals surface area (Å²) in [5, 5.41) is 12.7. The van der Waals surface area contributed by atoms with Crippen LogP contribution in [-0.2, 0) is 13.0 Å². The van der Waals surface area contributed by atoms with Gasteiger partial charge in [-0.2, -0.15) is 0 Å². The molecular formula is C17H23N7O. The molecule has 0 unspecified atom stereocenters. The lowest BCUT2D eigenvalue weighted by molar-refractivity contribution is 0.247. The highest BCUT2D eigenvalue weighted by molar-refractivity contribution is 5.64. The van der Waals surface area contributed by atoms with E-state index in [1.807, 2.05) is 30.6 Å². The van der Waals surface area contributed by atoms with E-state index in [2.05, 4.69) is 37.1 Å². The number of aromatic nitrogens is 5. The third-order valence-corrected chi connectivity index (χ3v) is 4.93. The van der Waals surface area contributed by atoms with Crippen molar-refractivity contribution in [3.8, 4) is 0 Å². The predicted molar refractivity (Wildman–Crippen MR) is 93.6 cm³/mol.